The predicted molar refractivity (Wildman–Crippen MR) is 87.3 cm³/mol. The van der Waals surface area contributed by atoms with E-state index in [1.807, 2.05) is 16.7 Å². The fraction of sp³-hybridized carbons (Fsp3) is 0.875. The summed E-state index contributed by atoms with van der Waals surface area (Å²) in [7, 11) is 0. The Kier molecular flexibility index (Phi) is 5.97. The third-order valence-corrected chi connectivity index (χ3v) is 5.67. The highest BCUT2D eigenvalue weighted by molar-refractivity contribution is 7.99. The van der Waals surface area contributed by atoms with E-state index in [1.54, 1.807) is 0 Å². The number of rotatable bonds is 4. The fourth-order valence-electron chi connectivity index (χ4n) is 3.47. The van der Waals surface area contributed by atoms with Crippen LogP contribution < -0.4 is 5.32 Å². The highest BCUT2D eigenvalue weighted by atomic mass is 32.2. The molecule has 120 valence electrons. The molecule has 0 aromatic heterocycles. The van der Waals surface area contributed by atoms with Crippen molar-refractivity contribution in [3.05, 3.63) is 0 Å². The average molecular weight is 312 g/mol. The molecule has 2 fully saturated rings. The van der Waals surface area contributed by atoms with Crippen molar-refractivity contribution < 1.29 is 9.59 Å². The van der Waals surface area contributed by atoms with E-state index in [-0.39, 0.29) is 17.9 Å². The normalized spacial score (nSPS) is 31.2. The van der Waals surface area contributed by atoms with Gasteiger partial charge in [0, 0.05) is 24.3 Å². The van der Waals surface area contributed by atoms with Gasteiger partial charge in [0.2, 0.25) is 11.8 Å². The van der Waals surface area contributed by atoms with Crippen molar-refractivity contribution in [3.63, 3.8) is 0 Å². The smallest absolute Gasteiger partial charge is 0.245 e. The number of thioether (sulfide) groups is 1. The van der Waals surface area contributed by atoms with E-state index in [1.165, 1.54) is 12.8 Å². The minimum absolute atomic E-state index is 0.0220. The van der Waals surface area contributed by atoms with Gasteiger partial charge in [0.1, 0.15) is 6.04 Å². The van der Waals surface area contributed by atoms with Gasteiger partial charge in [0.15, 0.2) is 0 Å². The lowest BCUT2D eigenvalue weighted by atomic mass is 9.92. The summed E-state index contributed by atoms with van der Waals surface area (Å²) in [4.78, 5) is 26.7. The molecule has 0 bridgehead atoms. The molecular formula is C16H28N2O2S. The first-order chi connectivity index (χ1) is 10.0. The van der Waals surface area contributed by atoms with Crippen LogP contribution in [-0.4, -0.2) is 46.8 Å². The Hall–Kier alpha value is -0.710. The monoisotopic (exact) mass is 312 g/mol. The van der Waals surface area contributed by atoms with E-state index in [9.17, 15) is 9.59 Å². The van der Waals surface area contributed by atoms with Gasteiger partial charge >= 0.3 is 0 Å². The van der Waals surface area contributed by atoms with Gasteiger partial charge in [-0.15, -0.1) is 0 Å². The van der Waals surface area contributed by atoms with Crippen LogP contribution in [0.2, 0.25) is 0 Å². The molecule has 5 heteroatoms. The third-order valence-electron chi connectivity index (χ3n) is 4.58. The Morgan fingerprint density at radius 1 is 1.33 bits per heavy atom. The van der Waals surface area contributed by atoms with Gasteiger partial charge in [0.05, 0.1) is 0 Å². The van der Waals surface area contributed by atoms with Crippen LogP contribution in [0.1, 0.15) is 52.4 Å². The molecular weight excluding hydrogens is 284 g/mol. The van der Waals surface area contributed by atoms with E-state index in [0.717, 1.165) is 19.3 Å². The second kappa shape index (κ2) is 7.52. The molecule has 1 heterocycles. The molecule has 2 amide bonds. The summed E-state index contributed by atoms with van der Waals surface area (Å²) >= 11 is 1.91. The molecule has 0 aromatic rings. The van der Waals surface area contributed by atoms with Gasteiger partial charge in [0.25, 0.3) is 0 Å². The highest BCUT2D eigenvalue weighted by Crippen LogP contribution is 2.31. The number of hydrogen-bond donors (Lipinski definition) is 1. The summed E-state index contributed by atoms with van der Waals surface area (Å²) in [6, 6.07) is 0.000665. The molecule has 0 spiro atoms. The number of nitrogens with zero attached hydrogens (tertiary/aromatic N) is 1. The second-order valence-electron chi connectivity index (χ2n) is 6.71. The largest absolute Gasteiger partial charge is 0.344 e. The first-order valence-corrected chi connectivity index (χ1v) is 9.42. The van der Waals surface area contributed by atoms with Gasteiger partial charge in [-0.2, -0.15) is 11.8 Å². The lowest BCUT2D eigenvalue weighted by Gasteiger charge is -2.37. The number of hydrogen-bond acceptors (Lipinski definition) is 3. The maximum absolute atomic E-state index is 12.8. The number of nitrogens with one attached hydrogen (secondary N) is 1. The Labute approximate surface area is 132 Å². The Balaban J connectivity index is 2.09. The SMILES string of the molecule is CSC1CCCC(N2CCC(=O)NC(CC(C)C)C2=O)C1. The van der Waals surface area contributed by atoms with E-state index in [4.69, 9.17) is 0 Å². The van der Waals surface area contributed by atoms with Crippen molar-refractivity contribution in [2.45, 2.75) is 69.7 Å². The molecule has 1 N–H and O–H groups in total. The molecule has 0 aromatic carbocycles. The zero-order chi connectivity index (χ0) is 15.4. The molecule has 21 heavy (non-hydrogen) atoms. The summed E-state index contributed by atoms with van der Waals surface area (Å²) in [6.07, 6.45) is 7.95. The molecule has 2 rings (SSSR count). The molecule has 1 saturated heterocycles. The minimum atomic E-state index is -0.324. The van der Waals surface area contributed by atoms with E-state index in [2.05, 4.69) is 25.4 Å². The Morgan fingerprint density at radius 2 is 2.10 bits per heavy atom. The summed E-state index contributed by atoms with van der Waals surface area (Å²) in [5, 5.41) is 3.58. The summed E-state index contributed by atoms with van der Waals surface area (Å²) in [6.45, 7) is 4.78. The molecule has 4 nitrogen and oxygen atoms in total. The van der Waals surface area contributed by atoms with Crippen LogP contribution in [0.15, 0.2) is 0 Å². The standard InChI is InChI=1S/C16H28N2O2S/c1-11(2)9-14-16(20)18(8-7-15(19)17-14)12-5-4-6-13(10-12)21-3/h11-14H,4-10H2,1-3H3,(H,17,19). The number of carbonyl (C=O) groups is 2. The zero-order valence-electron chi connectivity index (χ0n) is 13.4. The molecule has 3 atom stereocenters. The van der Waals surface area contributed by atoms with Crippen molar-refractivity contribution >= 4 is 23.6 Å². The molecule has 1 saturated carbocycles. The van der Waals surface area contributed by atoms with Crippen LogP contribution in [0.5, 0.6) is 0 Å². The number of amides is 2. The van der Waals surface area contributed by atoms with E-state index >= 15 is 0 Å². The Morgan fingerprint density at radius 3 is 2.76 bits per heavy atom. The maximum Gasteiger partial charge on any atom is 0.245 e. The van der Waals surface area contributed by atoms with Crippen LogP contribution in [0.3, 0.4) is 0 Å². The van der Waals surface area contributed by atoms with E-state index in [0.29, 0.717) is 30.2 Å². The quantitative estimate of drug-likeness (QED) is 0.867. The predicted octanol–water partition coefficient (Wildman–Crippen LogP) is 2.42. The van der Waals surface area contributed by atoms with Gasteiger partial charge in [-0.3, -0.25) is 9.59 Å². The fourth-order valence-corrected chi connectivity index (χ4v) is 4.29. The van der Waals surface area contributed by atoms with Gasteiger partial charge in [-0.1, -0.05) is 20.3 Å². The number of carbonyl (C=O) groups excluding carboxylic acids is 2. The van der Waals surface area contributed by atoms with Crippen molar-refractivity contribution in [2.24, 2.45) is 5.92 Å². The van der Waals surface area contributed by atoms with Crippen molar-refractivity contribution in [1.29, 1.82) is 0 Å². The van der Waals surface area contributed by atoms with Crippen LogP contribution in [0.25, 0.3) is 0 Å². The topological polar surface area (TPSA) is 49.4 Å². The summed E-state index contributed by atoms with van der Waals surface area (Å²) in [5.41, 5.74) is 0. The summed E-state index contributed by atoms with van der Waals surface area (Å²) in [5.74, 6) is 0.569. The third kappa shape index (κ3) is 4.38. The van der Waals surface area contributed by atoms with E-state index < -0.39 is 0 Å². The molecule has 2 aliphatic rings. The van der Waals surface area contributed by atoms with Crippen LogP contribution >= 0.6 is 11.8 Å². The first kappa shape index (κ1) is 16.7. The van der Waals surface area contributed by atoms with Gasteiger partial charge in [-0.05, 0) is 37.9 Å². The van der Waals surface area contributed by atoms with Crippen LogP contribution in [0, 0.1) is 5.92 Å². The lowest BCUT2D eigenvalue weighted by Crippen LogP contribution is -2.50. The zero-order valence-corrected chi connectivity index (χ0v) is 14.2. The molecule has 1 aliphatic heterocycles. The maximum atomic E-state index is 12.8. The van der Waals surface area contributed by atoms with Gasteiger partial charge in [-0.25, -0.2) is 0 Å². The van der Waals surface area contributed by atoms with Crippen LogP contribution in [0.4, 0.5) is 0 Å². The van der Waals surface area contributed by atoms with Gasteiger partial charge < -0.3 is 10.2 Å². The Bertz CT molecular complexity index is 386. The second-order valence-corrected chi connectivity index (χ2v) is 7.85. The van der Waals surface area contributed by atoms with Crippen LogP contribution in [-0.2, 0) is 9.59 Å². The average Bonchev–Trinajstić information content (AvgIpc) is 2.58. The van der Waals surface area contributed by atoms with Crippen molar-refractivity contribution in [1.82, 2.24) is 10.2 Å². The van der Waals surface area contributed by atoms with Crippen molar-refractivity contribution in [3.8, 4) is 0 Å². The first-order valence-electron chi connectivity index (χ1n) is 8.14. The molecule has 3 unspecified atom stereocenters. The molecule has 0 radical (unpaired) electrons. The van der Waals surface area contributed by atoms with Crippen molar-refractivity contribution in [2.75, 3.05) is 12.8 Å². The molecule has 1 aliphatic carbocycles. The lowest BCUT2D eigenvalue weighted by molar-refractivity contribution is -0.136. The minimum Gasteiger partial charge on any atom is -0.344 e. The highest BCUT2D eigenvalue weighted by Gasteiger charge is 2.36. The summed E-state index contributed by atoms with van der Waals surface area (Å²) < 4.78 is 0.